The highest BCUT2D eigenvalue weighted by Crippen LogP contribution is 2.30. The molecule has 1 aliphatic heterocycles. The van der Waals surface area contributed by atoms with Gasteiger partial charge in [0.2, 0.25) is 0 Å². The van der Waals surface area contributed by atoms with Gasteiger partial charge in [-0.05, 0) is 30.4 Å². The molecule has 5 heteroatoms. The molecule has 2 atom stereocenters. The Morgan fingerprint density at radius 3 is 2.52 bits per heavy atom. The van der Waals surface area contributed by atoms with E-state index in [4.69, 9.17) is 9.47 Å². The molecule has 1 aliphatic rings. The monoisotopic (exact) mass is 320 g/mol. The minimum atomic E-state index is -0.126. The first-order valence-electron chi connectivity index (χ1n) is 8.26. The Bertz CT molecular complexity index is 523. The molecule has 5 nitrogen and oxygen atoms in total. The summed E-state index contributed by atoms with van der Waals surface area (Å²) in [5.41, 5.74) is 0.507. The first-order chi connectivity index (χ1) is 11.0. The molecule has 1 heterocycles. The van der Waals surface area contributed by atoms with Crippen molar-refractivity contribution in [1.82, 2.24) is 10.2 Å². The molecule has 0 spiro atoms. The van der Waals surface area contributed by atoms with Crippen LogP contribution < -0.4 is 14.8 Å². The van der Waals surface area contributed by atoms with E-state index in [1.165, 1.54) is 6.42 Å². The van der Waals surface area contributed by atoms with Crippen LogP contribution in [-0.4, -0.2) is 51.2 Å². The molecule has 1 aromatic rings. The van der Waals surface area contributed by atoms with E-state index < -0.39 is 0 Å². The lowest BCUT2D eigenvalue weighted by molar-refractivity contribution is 0.0933. The highest BCUT2D eigenvalue weighted by atomic mass is 16.5. The molecular weight excluding hydrogens is 292 g/mol. The topological polar surface area (TPSA) is 50.8 Å². The molecule has 23 heavy (non-hydrogen) atoms. The molecule has 0 radical (unpaired) electrons. The highest BCUT2D eigenvalue weighted by molar-refractivity contribution is 5.97. The zero-order chi connectivity index (χ0) is 16.8. The summed E-state index contributed by atoms with van der Waals surface area (Å²) < 4.78 is 10.6. The van der Waals surface area contributed by atoms with Gasteiger partial charge in [0.25, 0.3) is 5.91 Å². The van der Waals surface area contributed by atoms with Crippen molar-refractivity contribution in [2.45, 2.75) is 20.3 Å². The number of piperidine rings is 1. The third kappa shape index (κ3) is 4.61. The molecule has 0 aliphatic carbocycles. The van der Waals surface area contributed by atoms with Gasteiger partial charge in [0.1, 0.15) is 0 Å². The molecule has 1 saturated heterocycles. The lowest BCUT2D eigenvalue weighted by Gasteiger charge is -2.34. The zero-order valence-electron chi connectivity index (χ0n) is 14.6. The number of methoxy groups -OCH3 is 2. The third-order valence-electron chi connectivity index (χ3n) is 4.31. The number of carbonyl (C=O) groups excluding carboxylic acids is 1. The van der Waals surface area contributed by atoms with Crippen LogP contribution in [0.3, 0.4) is 0 Å². The molecule has 2 rings (SSSR count). The normalized spacial score (nSPS) is 21.7. The van der Waals surface area contributed by atoms with Gasteiger partial charge in [-0.2, -0.15) is 0 Å². The largest absolute Gasteiger partial charge is 0.493 e. The van der Waals surface area contributed by atoms with E-state index in [9.17, 15) is 4.79 Å². The van der Waals surface area contributed by atoms with Crippen LogP contribution >= 0.6 is 0 Å². The fraction of sp³-hybridized carbons (Fsp3) is 0.611. The maximum absolute atomic E-state index is 12.4. The number of likely N-dealkylation sites (tertiary alicyclic amines) is 1. The summed E-state index contributed by atoms with van der Waals surface area (Å²) in [5.74, 6) is 2.38. The number of ether oxygens (including phenoxy) is 2. The van der Waals surface area contributed by atoms with Gasteiger partial charge in [0.15, 0.2) is 11.5 Å². The van der Waals surface area contributed by atoms with Crippen LogP contribution in [0.5, 0.6) is 11.5 Å². The van der Waals surface area contributed by atoms with Crippen molar-refractivity contribution >= 4 is 5.91 Å². The fourth-order valence-corrected chi connectivity index (χ4v) is 3.46. The number of benzene rings is 1. The van der Waals surface area contributed by atoms with Crippen LogP contribution in [0.2, 0.25) is 0 Å². The van der Waals surface area contributed by atoms with E-state index in [2.05, 4.69) is 24.1 Å². The average molecular weight is 320 g/mol. The van der Waals surface area contributed by atoms with E-state index in [1.54, 1.807) is 32.4 Å². The maximum Gasteiger partial charge on any atom is 0.255 e. The Morgan fingerprint density at radius 1 is 1.22 bits per heavy atom. The molecule has 1 amide bonds. The van der Waals surface area contributed by atoms with Gasteiger partial charge >= 0.3 is 0 Å². The van der Waals surface area contributed by atoms with E-state index in [1.807, 2.05) is 0 Å². The van der Waals surface area contributed by atoms with Gasteiger partial charge in [-0.3, -0.25) is 4.79 Å². The SMILES string of the molecule is COc1cccc(C(=O)NCCN2C[C@H](C)C[C@@H](C)C2)c1OC. The van der Waals surface area contributed by atoms with E-state index in [0.717, 1.165) is 31.5 Å². The molecule has 1 N–H and O–H groups in total. The first-order valence-corrected chi connectivity index (χ1v) is 8.26. The Hall–Kier alpha value is -1.75. The molecule has 0 bridgehead atoms. The Labute approximate surface area is 139 Å². The van der Waals surface area contributed by atoms with Crippen molar-refractivity contribution in [3.05, 3.63) is 23.8 Å². The highest BCUT2D eigenvalue weighted by Gasteiger charge is 2.22. The summed E-state index contributed by atoms with van der Waals surface area (Å²) in [7, 11) is 3.11. The number of amides is 1. The summed E-state index contributed by atoms with van der Waals surface area (Å²) in [6.45, 7) is 8.33. The van der Waals surface area contributed by atoms with Gasteiger partial charge in [-0.25, -0.2) is 0 Å². The zero-order valence-corrected chi connectivity index (χ0v) is 14.6. The molecule has 1 fully saturated rings. The van der Waals surface area contributed by atoms with Crippen molar-refractivity contribution in [2.24, 2.45) is 11.8 Å². The Balaban J connectivity index is 1.90. The number of hydrogen-bond donors (Lipinski definition) is 1. The minimum Gasteiger partial charge on any atom is -0.493 e. The lowest BCUT2D eigenvalue weighted by Crippen LogP contribution is -2.42. The predicted octanol–water partition coefficient (Wildman–Crippen LogP) is 2.41. The Morgan fingerprint density at radius 2 is 1.91 bits per heavy atom. The van der Waals surface area contributed by atoms with Gasteiger partial charge in [0, 0.05) is 26.2 Å². The van der Waals surface area contributed by atoms with Crippen molar-refractivity contribution < 1.29 is 14.3 Å². The smallest absolute Gasteiger partial charge is 0.255 e. The second kappa shape index (κ2) is 8.20. The second-order valence-electron chi connectivity index (χ2n) is 6.50. The minimum absolute atomic E-state index is 0.126. The van der Waals surface area contributed by atoms with Crippen molar-refractivity contribution in [3.8, 4) is 11.5 Å². The van der Waals surface area contributed by atoms with Crippen molar-refractivity contribution in [2.75, 3.05) is 40.4 Å². The van der Waals surface area contributed by atoms with Crippen LogP contribution in [0.1, 0.15) is 30.6 Å². The van der Waals surface area contributed by atoms with Gasteiger partial charge in [-0.1, -0.05) is 19.9 Å². The maximum atomic E-state index is 12.4. The van der Waals surface area contributed by atoms with Crippen LogP contribution in [0.4, 0.5) is 0 Å². The average Bonchev–Trinajstić information content (AvgIpc) is 2.52. The summed E-state index contributed by atoms with van der Waals surface area (Å²) >= 11 is 0. The first kappa shape index (κ1) is 17.6. The number of rotatable bonds is 6. The molecule has 0 aromatic heterocycles. The molecule has 1 aromatic carbocycles. The second-order valence-corrected chi connectivity index (χ2v) is 6.50. The number of nitrogens with zero attached hydrogens (tertiary/aromatic N) is 1. The molecular formula is C18H28N2O3. The third-order valence-corrected chi connectivity index (χ3v) is 4.31. The molecule has 128 valence electrons. The quantitative estimate of drug-likeness (QED) is 0.874. The summed E-state index contributed by atoms with van der Waals surface area (Å²) in [5, 5.41) is 2.99. The van der Waals surface area contributed by atoms with Gasteiger partial charge in [0.05, 0.1) is 19.8 Å². The standard InChI is InChI=1S/C18H28N2O3/c1-13-10-14(2)12-20(11-13)9-8-19-18(21)15-6-5-7-16(22-3)17(15)23-4/h5-7,13-14H,8-12H2,1-4H3,(H,19,21)/t13-,14-/m1/s1. The predicted molar refractivity (Wildman–Crippen MR) is 91.3 cm³/mol. The van der Waals surface area contributed by atoms with Gasteiger partial charge in [-0.15, -0.1) is 0 Å². The fourth-order valence-electron chi connectivity index (χ4n) is 3.46. The van der Waals surface area contributed by atoms with E-state index >= 15 is 0 Å². The summed E-state index contributed by atoms with van der Waals surface area (Å²) in [6, 6.07) is 5.33. The van der Waals surface area contributed by atoms with E-state index in [0.29, 0.717) is 23.6 Å². The summed E-state index contributed by atoms with van der Waals surface area (Å²) in [4.78, 5) is 14.8. The number of hydrogen-bond acceptors (Lipinski definition) is 4. The van der Waals surface area contributed by atoms with Gasteiger partial charge < -0.3 is 19.7 Å². The Kier molecular flexibility index (Phi) is 6.28. The van der Waals surface area contributed by atoms with Crippen LogP contribution in [-0.2, 0) is 0 Å². The number of nitrogens with one attached hydrogen (secondary N) is 1. The number of carbonyl (C=O) groups is 1. The molecule has 0 saturated carbocycles. The lowest BCUT2D eigenvalue weighted by atomic mass is 9.92. The summed E-state index contributed by atoms with van der Waals surface area (Å²) in [6.07, 6.45) is 1.30. The van der Waals surface area contributed by atoms with Crippen LogP contribution in [0.15, 0.2) is 18.2 Å². The van der Waals surface area contributed by atoms with Crippen molar-refractivity contribution in [1.29, 1.82) is 0 Å². The van der Waals surface area contributed by atoms with E-state index in [-0.39, 0.29) is 5.91 Å². The van der Waals surface area contributed by atoms with Crippen molar-refractivity contribution in [3.63, 3.8) is 0 Å². The van der Waals surface area contributed by atoms with Crippen LogP contribution in [0.25, 0.3) is 0 Å². The molecule has 0 unspecified atom stereocenters. The van der Waals surface area contributed by atoms with Crippen LogP contribution in [0, 0.1) is 11.8 Å². The number of para-hydroxylation sites is 1.